The number of nitrogens with zero attached hydrogens (tertiary/aromatic N) is 6. The van der Waals surface area contributed by atoms with E-state index >= 15 is 0 Å². The number of rotatable bonds is 6. The van der Waals surface area contributed by atoms with Gasteiger partial charge in [-0.3, -0.25) is 9.55 Å². The van der Waals surface area contributed by atoms with Gasteiger partial charge in [-0.05, 0) is 37.1 Å². The van der Waals surface area contributed by atoms with Gasteiger partial charge >= 0.3 is 0 Å². The quantitative estimate of drug-likeness (QED) is 0.427. The van der Waals surface area contributed by atoms with E-state index in [1.807, 2.05) is 42.6 Å². The number of hydrogen-bond acceptors (Lipinski definition) is 7. The van der Waals surface area contributed by atoms with Gasteiger partial charge in [0, 0.05) is 34.6 Å². The van der Waals surface area contributed by atoms with Crippen molar-refractivity contribution in [1.29, 1.82) is 0 Å². The molecule has 1 aliphatic rings. The highest BCUT2D eigenvalue weighted by molar-refractivity contribution is 7.98. The Morgan fingerprint density at radius 2 is 2.04 bits per heavy atom. The fourth-order valence-electron chi connectivity index (χ4n) is 2.91. The normalized spacial score (nSPS) is 13.8. The molecule has 7 nitrogen and oxygen atoms in total. The van der Waals surface area contributed by atoms with Crippen LogP contribution in [0.25, 0.3) is 22.8 Å². The molecule has 0 radical (unpaired) electrons. The van der Waals surface area contributed by atoms with E-state index in [4.69, 9.17) is 16.1 Å². The Morgan fingerprint density at radius 3 is 2.82 bits per heavy atom. The first-order chi connectivity index (χ1) is 13.8. The monoisotopic (exact) mass is 410 g/mol. The first-order valence-electron chi connectivity index (χ1n) is 8.84. The van der Waals surface area contributed by atoms with Crippen molar-refractivity contribution >= 4 is 23.4 Å². The third kappa shape index (κ3) is 3.53. The summed E-state index contributed by atoms with van der Waals surface area (Å²) in [7, 11) is 0. The van der Waals surface area contributed by atoms with Crippen molar-refractivity contribution in [2.75, 3.05) is 0 Å². The van der Waals surface area contributed by atoms with Crippen molar-refractivity contribution in [2.24, 2.45) is 0 Å². The van der Waals surface area contributed by atoms with E-state index in [1.54, 1.807) is 18.0 Å². The maximum Gasteiger partial charge on any atom is 0.237 e. The molecule has 1 fully saturated rings. The summed E-state index contributed by atoms with van der Waals surface area (Å²) >= 11 is 7.58. The highest BCUT2D eigenvalue weighted by Crippen LogP contribution is 2.41. The number of hydrogen-bond donors (Lipinski definition) is 0. The molecular formula is C19H15ClN6OS. The van der Waals surface area contributed by atoms with Gasteiger partial charge in [-0.15, -0.1) is 10.2 Å². The average Bonchev–Trinajstić information content (AvgIpc) is 3.29. The molecule has 1 aromatic carbocycles. The van der Waals surface area contributed by atoms with Crippen molar-refractivity contribution in [3.05, 3.63) is 59.7 Å². The third-order valence-corrected chi connectivity index (χ3v) is 5.53. The first kappa shape index (κ1) is 17.4. The van der Waals surface area contributed by atoms with Crippen LogP contribution in [0.15, 0.2) is 58.5 Å². The molecular weight excluding hydrogens is 396 g/mol. The lowest BCUT2D eigenvalue weighted by molar-refractivity contribution is 0.391. The number of thioether (sulfide) groups is 1. The Morgan fingerprint density at radius 1 is 1.14 bits per heavy atom. The Labute approximate surface area is 170 Å². The van der Waals surface area contributed by atoms with E-state index < -0.39 is 0 Å². The highest BCUT2D eigenvalue weighted by Gasteiger charge is 2.30. The predicted octanol–water partition coefficient (Wildman–Crippen LogP) is 4.67. The van der Waals surface area contributed by atoms with Crippen LogP contribution in [0.1, 0.15) is 24.8 Å². The number of benzene rings is 1. The van der Waals surface area contributed by atoms with Crippen LogP contribution in [0.4, 0.5) is 0 Å². The topological polar surface area (TPSA) is 82.5 Å². The van der Waals surface area contributed by atoms with Gasteiger partial charge in [0.25, 0.3) is 0 Å². The fraction of sp³-hybridized carbons (Fsp3) is 0.211. The minimum absolute atomic E-state index is 0.442. The van der Waals surface area contributed by atoms with E-state index in [2.05, 4.69) is 29.9 Å². The Hall–Kier alpha value is -2.71. The van der Waals surface area contributed by atoms with Crippen LogP contribution >= 0.6 is 23.4 Å². The Kier molecular flexibility index (Phi) is 4.58. The van der Waals surface area contributed by atoms with E-state index in [0.717, 1.165) is 34.9 Å². The molecule has 0 atom stereocenters. The molecule has 140 valence electrons. The van der Waals surface area contributed by atoms with Crippen LogP contribution in [-0.2, 0) is 5.75 Å². The molecule has 1 saturated carbocycles. The minimum Gasteiger partial charge on any atom is -0.338 e. The molecule has 0 bridgehead atoms. The van der Waals surface area contributed by atoms with Crippen molar-refractivity contribution in [2.45, 2.75) is 29.8 Å². The van der Waals surface area contributed by atoms with Crippen LogP contribution in [0, 0.1) is 0 Å². The number of pyridine rings is 1. The summed E-state index contributed by atoms with van der Waals surface area (Å²) < 4.78 is 7.59. The molecule has 0 N–H and O–H groups in total. The molecule has 9 heteroatoms. The van der Waals surface area contributed by atoms with Gasteiger partial charge < -0.3 is 4.52 Å². The smallest absolute Gasteiger partial charge is 0.237 e. The molecule has 0 saturated heterocycles. The zero-order valence-electron chi connectivity index (χ0n) is 14.7. The van der Waals surface area contributed by atoms with Gasteiger partial charge in [-0.2, -0.15) is 4.98 Å². The van der Waals surface area contributed by atoms with Crippen molar-refractivity contribution < 1.29 is 4.52 Å². The maximum atomic E-state index is 6.04. The zero-order chi connectivity index (χ0) is 18.9. The van der Waals surface area contributed by atoms with Crippen molar-refractivity contribution in [3.8, 4) is 22.8 Å². The molecule has 28 heavy (non-hydrogen) atoms. The number of halogens is 1. The highest BCUT2D eigenvalue weighted by atomic mass is 35.5. The second-order valence-corrected chi connectivity index (χ2v) is 7.84. The van der Waals surface area contributed by atoms with Gasteiger partial charge in [-0.1, -0.05) is 40.7 Å². The van der Waals surface area contributed by atoms with E-state index in [-0.39, 0.29) is 0 Å². The van der Waals surface area contributed by atoms with Crippen molar-refractivity contribution in [3.63, 3.8) is 0 Å². The molecule has 1 aliphatic carbocycles. The fourth-order valence-corrected chi connectivity index (χ4v) is 3.95. The minimum atomic E-state index is 0.442. The van der Waals surface area contributed by atoms with Crippen molar-refractivity contribution in [1.82, 2.24) is 29.9 Å². The summed E-state index contributed by atoms with van der Waals surface area (Å²) in [5.74, 6) is 2.43. The summed E-state index contributed by atoms with van der Waals surface area (Å²) in [5, 5.41) is 14.3. The van der Waals surface area contributed by atoms with E-state index in [0.29, 0.717) is 28.5 Å². The predicted molar refractivity (Wildman–Crippen MR) is 106 cm³/mol. The molecule has 0 unspecified atom stereocenters. The Bertz CT molecular complexity index is 1110. The largest absolute Gasteiger partial charge is 0.338 e. The summed E-state index contributed by atoms with van der Waals surface area (Å²) in [5.41, 5.74) is 1.79. The molecule has 4 aromatic rings. The molecule has 0 amide bonds. The molecule has 3 heterocycles. The second kappa shape index (κ2) is 7.37. The number of aromatic nitrogens is 6. The first-order valence-corrected chi connectivity index (χ1v) is 10.2. The van der Waals surface area contributed by atoms with Gasteiger partial charge in [-0.25, -0.2) is 0 Å². The molecule has 3 aromatic heterocycles. The molecule has 0 aliphatic heterocycles. The van der Waals surface area contributed by atoms with Gasteiger partial charge in [0.1, 0.15) is 0 Å². The molecule has 5 rings (SSSR count). The average molecular weight is 411 g/mol. The van der Waals surface area contributed by atoms with Crippen LogP contribution in [-0.4, -0.2) is 29.9 Å². The van der Waals surface area contributed by atoms with E-state index in [1.165, 1.54) is 0 Å². The van der Waals surface area contributed by atoms with E-state index in [9.17, 15) is 0 Å². The van der Waals surface area contributed by atoms with Crippen LogP contribution in [0.3, 0.4) is 0 Å². The van der Waals surface area contributed by atoms with Gasteiger partial charge in [0.05, 0.1) is 5.75 Å². The lowest BCUT2D eigenvalue weighted by Gasteiger charge is -2.07. The maximum absolute atomic E-state index is 6.04. The Balaban J connectivity index is 1.36. The molecule has 0 spiro atoms. The summed E-state index contributed by atoms with van der Waals surface area (Å²) in [6.07, 6.45) is 5.84. The lowest BCUT2D eigenvalue weighted by atomic mass is 10.2. The summed E-state index contributed by atoms with van der Waals surface area (Å²) in [6, 6.07) is 11.7. The summed E-state index contributed by atoms with van der Waals surface area (Å²) in [6.45, 7) is 0. The van der Waals surface area contributed by atoms with Crippen LogP contribution in [0.2, 0.25) is 5.02 Å². The second-order valence-electron chi connectivity index (χ2n) is 6.46. The van der Waals surface area contributed by atoms with Crippen LogP contribution < -0.4 is 0 Å². The summed E-state index contributed by atoms with van der Waals surface area (Å²) in [4.78, 5) is 8.66. The lowest BCUT2D eigenvalue weighted by Crippen LogP contribution is -2.00. The van der Waals surface area contributed by atoms with Gasteiger partial charge in [0.15, 0.2) is 11.0 Å². The SMILES string of the molecule is Clc1cccc(-c2noc(CSc3nnc(-c4cccnc4)n3C3CC3)n2)c1. The van der Waals surface area contributed by atoms with Gasteiger partial charge in [0.2, 0.25) is 11.7 Å². The standard InChI is InChI=1S/C19H15ClN6OS/c20-14-5-1-3-12(9-14)17-22-16(27-25-17)11-28-19-24-23-18(26(19)15-6-7-15)13-4-2-8-21-10-13/h1-5,8-10,15H,6-7,11H2. The third-order valence-electron chi connectivity index (χ3n) is 4.37. The zero-order valence-corrected chi connectivity index (χ0v) is 16.3. The van der Waals surface area contributed by atoms with Crippen LogP contribution in [0.5, 0.6) is 0 Å².